The summed E-state index contributed by atoms with van der Waals surface area (Å²) in [5, 5.41) is 0. The highest BCUT2D eigenvalue weighted by atomic mass is 16.6. The molecule has 1 aliphatic heterocycles. The van der Waals surface area contributed by atoms with Crippen molar-refractivity contribution in [2.75, 3.05) is 26.3 Å². The molecule has 2 fully saturated rings. The Morgan fingerprint density at radius 3 is 2.48 bits per heavy atom. The van der Waals surface area contributed by atoms with Gasteiger partial charge >= 0.3 is 12.1 Å². The van der Waals surface area contributed by atoms with Crippen LogP contribution in [0.2, 0.25) is 0 Å². The standard InChI is InChI=1S/C17H29NO5/c1-6-21-13(19)9-16(5)10-17(11-16)12-18(7-8-22-17)14(20)23-15(2,3)4/h6-12H2,1-5H3. The number of ether oxygens (including phenoxy) is 3. The lowest BCUT2D eigenvalue weighted by atomic mass is 9.58. The Kier molecular flexibility index (Phi) is 4.95. The molecule has 0 radical (unpaired) electrons. The molecule has 1 heterocycles. The Bertz CT molecular complexity index is 462. The predicted octanol–water partition coefficient (Wildman–Crippen LogP) is 2.75. The molecule has 1 spiro atoms. The molecule has 0 aromatic carbocycles. The normalized spacial score (nSPS) is 30.7. The summed E-state index contributed by atoms with van der Waals surface area (Å²) in [5.74, 6) is -0.162. The average Bonchev–Trinajstić information content (AvgIpc) is 2.35. The van der Waals surface area contributed by atoms with Gasteiger partial charge in [-0.15, -0.1) is 0 Å². The Balaban J connectivity index is 1.90. The number of amides is 1. The molecule has 0 aromatic rings. The predicted molar refractivity (Wildman–Crippen MR) is 85.1 cm³/mol. The summed E-state index contributed by atoms with van der Waals surface area (Å²) in [7, 11) is 0. The van der Waals surface area contributed by atoms with Crippen molar-refractivity contribution in [3.05, 3.63) is 0 Å². The third-order valence-electron chi connectivity index (χ3n) is 4.27. The quantitative estimate of drug-likeness (QED) is 0.746. The van der Waals surface area contributed by atoms with Crippen molar-refractivity contribution in [3.8, 4) is 0 Å². The zero-order chi connectivity index (χ0) is 17.3. The van der Waals surface area contributed by atoms with Gasteiger partial charge in [-0.05, 0) is 46.0 Å². The highest BCUT2D eigenvalue weighted by Gasteiger charge is 2.56. The smallest absolute Gasteiger partial charge is 0.410 e. The fourth-order valence-electron chi connectivity index (χ4n) is 3.73. The minimum absolute atomic E-state index is 0.108. The van der Waals surface area contributed by atoms with Crippen LogP contribution in [0.5, 0.6) is 0 Å². The van der Waals surface area contributed by atoms with E-state index in [-0.39, 0.29) is 23.1 Å². The van der Waals surface area contributed by atoms with Gasteiger partial charge in [-0.3, -0.25) is 4.79 Å². The summed E-state index contributed by atoms with van der Waals surface area (Å²) < 4.78 is 16.4. The molecule has 2 rings (SSSR count). The van der Waals surface area contributed by atoms with Gasteiger partial charge in [0, 0.05) is 6.54 Å². The molecule has 0 bridgehead atoms. The highest BCUT2D eigenvalue weighted by molar-refractivity contribution is 5.71. The molecule has 0 N–H and O–H groups in total. The number of carbonyl (C=O) groups is 2. The van der Waals surface area contributed by atoms with Crippen LogP contribution in [0, 0.1) is 5.41 Å². The first-order chi connectivity index (χ1) is 10.6. The molecule has 1 aliphatic carbocycles. The van der Waals surface area contributed by atoms with E-state index in [4.69, 9.17) is 14.2 Å². The van der Waals surface area contributed by atoms with Crippen molar-refractivity contribution in [1.82, 2.24) is 4.90 Å². The van der Waals surface area contributed by atoms with Crippen LogP contribution in [0.25, 0.3) is 0 Å². The van der Waals surface area contributed by atoms with Crippen molar-refractivity contribution in [3.63, 3.8) is 0 Å². The van der Waals surface area contributed by atoms with E-state index in [0.717, 1.165) is 12.8 Å². The summed E-state index contributed by atoms with van der Waals surface area (Å²) in [6, 6.07) is 0. The number of nitrogens with zero attached hydrogens (tertiary/aromatic N) is 1. The molecule has 0 atom stereocenters. The van der Waals surface area contributed by atoms with Crippen LogP contribution in [0.15, 0.2) is 0 Å². The lowest BCUT2D eigenvalue weighted by Crippen LogP contribution is -2.63. The molecule has 1 amide bonds. The monoisotopic (exact) mass is 327 g/mol. The number of esters is 1. The van der Waals surface area contributed by atoms with E-state index in [0.29, 0.717) is 32.7 Å². The van der Waals surface area contributed by atoms with Crippen LogP contribution < -0.4 is 0 Å². The van der Waals surface area contributed by atoms with Crippen LogP contribution in [-0.4, -0.2) is 54.5 Å². The van der Waals surface area contributed by atoms with Gasteiger partial charge in [0.2, 0.25) is 0 Å². The van der Waals surface area contributed by atoms with Crippen molar-refractivity contribution < 1.29 is 23.8 Å². The Labute approximate surface area is 138 Å². The van der Waals surface area contributed by atoms with Crippen molar-refractivity contribution in [2.45, 2.75) is 65.1 Å². The van der Waals surface area contributed by atoms with Crippen LogP contribution in [0.1, 0.15) is 53.9 Å². The first kappa shape index (κ1) is 18.0. The first-order valence-electron chi connectivity index (χ1n) is 8.34. The Hall–Kier alpha value is -1.30. The topological polar surface area (TPSA) is 65.1 Å². The van der Waals surface area contributed by atoms with Gasteiger partial charge < -0.3 is 19.1 Å². The van der Waals surface area contributed by atoms with Gasteiger partial charge in [-0.1, -0.05) is 6.92 Å². The minimum Gasteiger partial charge on any atom is -0.466 e. The zero-order valence-corrected chi connectivity index (χ0v) is 14.9. The van der Waals surface area contributed by atoms with Gasteiger partial charge in [-0.25, -0.2) is 4.79 Å². The molecule has 1 saturated carbocycles. The third kappa shape index (κ3) is 4.59. The van der Waals surface area contributed by atoms with Crippen molar-refractivity contribution >= 4 is 12.1 Å². The molecule has 0 aromatic heterocycles. The van der Waals surface area contributed by atoms with Crippen LogP contribution in [0.4, 0.5) is 4.79 Å². The molecular weight excluding hydrogens is 298 g/mol. The number of hydrogen-bond donors (Lipinski definition) is 0. The van der Waals surface area contributed by atoms with E-state index < -0.39 is 5.60 Å². The fourth-order valence-corrected chi connectivity index (χ4v) is 3.73. The minimum atomic E-state index is -0.499. The fraction of sp³-hybridized carbons (Fsp3) is 0.882. The van der Waals surface area contributed by atoms with Crippen LogP contribution in [0.3, 0.4) is 0 Å². The SMILES string of the molecule is CCOC(=O)CC1(C)CC2(CN(C(=O)OC(C)(C)C)CCO2)C1. The lowest BCUT2D eigenvalue weighted by Gasteiger charge is -2.57. The zero-order valence-electron chi connectivity index (χ0n) is 14.9. The second kappa shape index (κ2) is 6.30. The van der Waals surface area contributed by atoms with Crippen LogP contribution in [-0.2, 0) is 19.0 Å². The summed E-state index contributed by atoms with van der Waals surface area (Å²) in [5.41, 5.74) is -0.944. The maximum atomic E-state index is 12.2. The van der Waals surface area contributed by atoms with Crippen LogP contribution >= 0.6 is 0 Å². The van der Waals surface area contributed by atoms with E-state index in [2.05, 4.69) is 6.92 Å². The van der Waals surface area contributed by atoms with Crippen molar-refractivity contribution in [1.29, 1.82) is 0 Å². The molecule has 1 saturated heterocycles. The highest BCUT2D eigenvalue weighted by Crippen LogP contribution is 2.53. The largest absolute Gasteiger partial charge is 0.466 e. The van der Waals surface area contributed by atoms with E-state index >= 15 is 0 Å². The van der Waals surface area contributed by atoms with E-state index in [9.17, 15) is 9.59 Å². The summed E-state index contributed by atoms with van der Waals surface area (Å²) in [6.07, 6.45) is 1.63. The van der Waals surface area contributed by atoms with Gasteiger partial charge in [0.1, 0.15) is 5.60 Å². The number of morpholine rings is 1. The second-order valence-electron chi connectivity index (χ2n) is 8.08. The molecular formula is C17H29NO5. The summed E-state index contributed by atoms with van der Waals surface area (Å²) >= 11 is 0. The van der Waals surface area contributed by atoms with Crippen molar-refractivity contribution in [2.24, 2.45) is 5.41 Å². The van der Waals surface area contributed by atoms with Gasteiger partial charge in [0.05, 0.1) is 31.8 Å². The Morgan fingerprint density at radius 1 is 1.26 bits per heavy atom. The molecule has 6 heteroatoms. The first-order valence-corrected chi connectivity index (χ1v) is 8.34. The maximum absolute atomic E-state index is 12.2. The molecule has 6 nitrogen and oxygen atoms in total. The van der Waals surface area contributed by atoms with E-state index in [1.165, 1.54) is 0 Å². The summed E-state index contributed by atoms with van der Waals surface area (Å²) in [6.45, 7) is 11.5. The number of rotatable bonds is 3. The van der Waals surface area contributed by atoms with E-state index in [1.807, 2.05) is 27.7 Å². The molecule has 0 unspecified atom stereocenters. The van der Waals surface area contributed by atoms with E-state index in [1.54, 1.807) is 4.90 Å². The average molecular weight is 327 g/mol. The van der Waals surface area contributed by atoms with Gasteiger partial charge in [0.15, 0.2) is 0 Å². The third-order valence-corrected chi connectivity index (χ3v) is 4.27. The number of hydrogen-bond acceptors (Lipinski definition) is 5. The molecule has 132 valence electrons. The second-order valence-corrected chi connectivity index (χ2v) is 8.08. The maximum Gasteiger partial charge on any atom is 0.410 e. The van der Waals surface area contributed by atoms with Gasteiger partial charge in [-0.2, -0.15) is 0 Å². The number of carbonyl (C=O) groups excluding carboxylic acids is 2. The summed E-state index contributed by atoms with van der Waals surface area (Å²) in [4.78, 5) is 25.7. The van der Waals surface area contributed by atoms with Gasteiger partial charge in [0.25, 0.3) is 0 Å². The lowest BCUT2D eigenvalue weighted by molar-refractivity contribution is -0.202. The molecule has 2 aliphatic rings. The molecule has 23 heavy (non-hydrogen) atoms. The Morgan fingerprint density at radius 2 is 1.91 bits per heavy atom.